The molecule has 0 spiro atoms. The van der Waals surface area contributed by atoms with Crippen LogP contribution in [-0.2, 0) is 0 Å². The van der Waals surface area contributed by atoms with Gasteiger partial charge in [0, 0.05) is 13.1 Å². The van der Waals surface area contributed by atoms with E-state index in [2.05, 4.69) is 19.9 Å². The van der Waals surface area contributed by atoms with E-state index in [1.54, 1.807) is 12.7 Å². The molecule has 7 nitrogen and oxygen atoms in total. The molecule has 25 heavy (non-hydrogen) atoms. The standard InChI is InChI=1S/C18H21N5O2/c24-10-14(25)16(13-6-2-1-3-7-13)23-12-21-15-17(19-11-20-18(15)23)22-8-4-5-9-22/h1-3,6-7,11-12,14,16,24-25H,4-5,8-10H2/t14-,16+/m1/s1. The van der Waals surface area contributed by atoms with Gasteiger partial charge < -0.3 is 19.7 Å². The lowest BCUT2D eigenvalue weighted by Crippen LogP contribution is -2.28. The number of aromatic nitrogens is 4. The summed E-state index contributed by atoms with van der Waals surface area (Å²) in [7, 11) is 0. The first-order valence-corrected chi connectivity index (χ1v) is 8.56. The number of benzene rings is 1. The number of hydrogen-bond acceptors (Lipinski definition) is 6. The van der Waals surface area contributed by atoms with E-state index in [0.717, 1.165) is 42.8 Å². The lowest BCUT2D eigenvalue weighted by atomic mass is 10.0. The molecule has 1 aliphatic heterocycles. The van der Waals surface area contributed by atoms with Crippen molar-refractivity contribution in [2.75, 3.05) is 24.6 Å². The monoisotopic (exact) mass is 339 g/mol. The van der Waals surface area contributed by atoms with Gasteiger partial charge in [-0.1, -0.05) is 30.3 Å². The van der Waals surface area contributed by atoms with Crippen molar-refractivity contribution >= 4 is 17.0 Å². The maximum absolute atomic E-state index is 10.4. The first-order chi connectivity index (χ1) is 12.3. The van der Waals surface area contributed by atoms with Gasteiger partial charge in [-0.3, -0.25) is 0 Å². The average Bonchev–Trinajstić information content (AvgIpc) is 3.33. The third kappa shape index (κ3) is 2.85. The molecule has 2 aromatic heterocycles. The normalized spacial score (nSPS) is 17.1. The smallest absolute Gasteiger partial charge is 0.166 e. The van der Waals surface area contributed by atoms with Crippen molar-refractivity contribution in [1.29, 1.82) is 0 Å². The number of nitrogens with zero attached hydrogens (tertiary/aromatic N) is 5. The van der Waals surface area contributed by atoms with E-state index in [1.807, 2.05) is 34.9 Å². The molecular formula is C18H21N5O2. The number of hydrogen-bond donors (Lipinski definition) is 2. The highest BCUT2D eigenvalue weighted by Gasteiger charge is 2.26. The molecule has 0 bridgehead atoms. The second-order valence-electron chi connectivity index (χ2n) is 6.32. The Balaban J connectivity index is 1.83. The van der Waals surface area contributed by atoms with Crippen LogP contribution in [0.2, 0.25) is 0 Å². The molecule has 0 radical (unpaired) electrons. The molecule has 1 aromatic carbocycles. The molecule has 0 aliphatic carbocycles. The second kappa shape index (κ2) is 6.78. The van der Waals surface area contributed by atoms with E-state index in [9.17, 15) is 10.2 Å². The Morgan fingerprint density at radius 3 is 2.52 bits per heavy atom. The van der Waals surface area contributed by atoms with E-state index < -0.39 is 12.1 Å². The Labute approximate surface area is 145 Å². The molecule has 130 valence electrons. The quantitative estimate of drug-likeness (QED) is 0.730. The van der Waals surface area contributed by atoms with Crippen LogP contribution in [0.3, 0.4) is 0 Å². The van der Waals surface area contributed by atoms with Crippen LogP contribution in [0.1, 0.15) is 24.4 Å². The molecule has 3 aromatic rings. The first-order valence-electron chi connectivity index (χ1n) is 8.56. The topological polar surface area (TPSA) is 87.3 Å². The van der Waals surface area contributed by atoms with Crippen LogP contribution in [0.4, 0.5) is 5.82 Å². The molecule has 2 N–H and O–H groups in total. The number of aliphatic hydroxyl groups is 2. The van der Waals surface area contributed by atoms with Crippen LogP contribution < -0.4 is 4.90 Å². The van der Waals surface area contributed by atoms with Crippen molar-refractivity contribution in [2.45, 2.75) is 25.0 Å². The average molecular weight is 339 g/mol. The molecule has 0 amide bonds. The van der Waals surface area contributed by atoms with Crippen molar-refractivity contribution in [3.63, 3.8) is 0 Å². The zero-order chi connectivity index (χ0) is 17.2. The maximum atomic E-state index is 10.4. The molecule has 0 saturated carbocycles. The number of anilines is 1. The molecule has 1 saturated heterocycles. The summed E-state index contributed by atoms with van der Waals surface area (Å²) in [5.41, 5.74) is 2.29. The van der Waals surface area contributed by atoms with E-state index in [4.69, 9.17) is 0 Å². The molecule has 1 fully saturated rings. The Bertz CT molecular complexity index is 845. The van der Waals surface area contributed by atoms with Crippen LogP contribution in [-0.4, -0.2) is 55.5 Å². The van der Waals surface area contributed by atoms with Gasteiger partial charge in [0.25, 0.3) is 0 Å². The Morgan fingerprint density at radius 2 is 1.80 bits per heavy atom. The summed E-state index contributed by atoms with van der Waals surface area (Å²) in [5.74, 6) is 0.839. The molecule has 0 unspecified atom stereocenters. The molecular weight excluding hydrogens is 318 g/mol. The highest BCUT2D eigenvalue weighted by Crippen LogP contribution is 2.29. The SMILES string of the molecule is OC[C@@H](O)[C@H](c1ccccc1)n1cnc2c(N3CCCC3)ncnc21. The van der Waals surface area contributed by atoms with Gasteiger partial charge in [-0.15, -0.1) is 0 Å². The van der Waals surface area contributed by atoms with Gasteiger partial charge in [-0.2, -0.15) is 0 Å². The number of fused-ring (bicyclic) bond motifs is 1. The summed E-state index contributed by atoms with van der Waals surface area (Å²) in [6.45, 7) is 1.60. The van der Waals surface area contributed by atoms with Crippen LogP contribution in [0.15, 0.2) is 43.0 Å². The highest BCUT2D eigenvalue weighted by atomic mass is 16.3. The Kier molecular flexibility index (Phi) is 4.33. The summed E-state index contributed by atoms with van der Waals surface area (Å²) in [5, 5.41) is 20.0. The number of rotatable bonds is 5. The summed E-state index contributed by atoms with van der Waals surface area (Å²) in [6, 6.07) is 9.14. The zero-order valence-electron chi connectivity index (χ0n) is 13.9. The molecule has 2 atom stereocenters. The van der Waals surface area contributed by atoms with Crippen molar-refractivity contribution in [2.24, 2.45) is 0 Å². The van der Waals surface area contributed by atoms with Gasteiger partial charge >= 0.3 is 0 Å². The molecule has 1 aliphatic rings. The third-order valence-electron chi connectivity index (χ3n) is 4.74. The van der Waals surface area contributed by atoms with Gasteiger partial charge in [-0.25, -0.2) is 15.0 Å². The summed E-state index contributed by atoms with van der Waals surface area (Å²) < 4.78 is 1.83. The van der Waals surface area contributed by atoms with Crippen LogP contribution >= 0.6 is 0 Å². The Hall–Kier alpha value is -2.51. The van der Waals surface area contributed by atoms with Crippen LogP contribution in [0.25, 0.3) is 11.2 Å². The van der Waals surface area contributed by atoms with E-state index in [-0.39, 0.29) is 6.61 Å². The van der Waals surface area contributed by atoms with Crippen LogP contribution in [0.5, 0.6) is 0 Å². The minimum absolute atomic E-state index is 0.344. The van der Waals surface area contributed by atoms with Crippen molar-refractivity contribution < 1.29 is 10.2 Å². The minimum atomic E-state index is -0.954. The number of imidazole rings is 1. The van der Waals surface area contributed by atoms with Crippen molar-refractivity contribution in [1.82, 2.24) is 19.5 Å². The second-order valence-corrected chi connectivity index (χ2v) is 6.32. The summed E-state index contributed by atoms with van der Waals surface area (Å²) in [6.07, 6.45) is 4.58. The predicted octanol–water partition coefficient (Wildman–Crippen LogP) is 1.37. The number of aliphatic hydroxyl groups excluding tert-OH is 2. The van der Waals surface area contributed by atoms with Gasteiger partial charge in [0.05, 0.1) is 19.0 Å². The molecule has 7 heteroatoms. The molecule has 4 rings (SSSR count). The predicted molar refractivity (Wildman–Crippen MR) is 94.4 cm³/mol. The lowest BCUT2D eigenvalue weighted by Gasteiger charge is -2.24. The first kappa shape index (κ1) is 16.0. The fourth-order valence-electron chi connectivity index (χ4n) is 3.52. The fourth-order valence-corrected chi connectivity index (χ4v) is 3.52. The van der Waals surface area contributed by atoms with E-state index >= 15 is 0 Å². The van der Waals surface area contributed by atoms with Gasteiger partial charge in [-0.05, 0) is 18.4 Å². The molecule has 3 heterocycles. The van der Waals surface area contributed by atoms with Crippen molar-refractivity contribution in [3.8, 4) is 0 Å². The minimum Gasteiger partial charge on any atom is -0.394 e. The van der Waals surface area contributed by atoms with Crippen LogP contribution in [0, 0.1) is 0 Å². The lowest BCUT2D eigenvalue weighted by molar-refractivity contribution is 0.0650. The van der Waals surface area contributed by atoms with Crippen molar-refractivity contribution in [3.05, 3.63) is 48.5 Å². The van der Waals surface area contributed by atoms with Gasteiger partial charge in [0.15, 0.2) is 17.0 Å². The zero-order valence-corrected chi connectivity index (χ0v) is 13.9. The third-order valence-corrected chi connectivity index (χ3v) is 4.74. The summed E-state index contributed by atoms with van der Waals surface area (Å²) in [4.78, 5) is 15.6. The van der Waals surface area contributed by atoms with E-state index in [0.29, 0.717) is 5.65 Å². The largest absolute Gasteiger partial charge is 0.394 e. The Morgan fingerprint density at radius 1 is 1.04 bits per heavy atom. The summed E-state index contributed by atoms with van der Waals surface area (Å²) >= 11 is 0. The maximum Gasteiger partial charge on any atom is 0.166 e. The van der Waals surface area contributed by atoms with Gasteiger partial charge in [0.1, 0.15) is 12.4 Å². The van der Waals surface area contributed by atoms with E-state index in [1.165, 1.54) is 0 Å². The highest BCUT2D eigenvalue weighted by molar-refractivity contribution is 5.83. The van der Waals surface area contributed by atoms with Gasteiger partial charge in [0.2, 0.25) is 0 Å². The fraction of sp³-hybridized carbons (Fsp3) is 0.389.